The van der Waals surface area contributed by atoms with Gasteiger partial charge in [0.05, 0.1) is 0 Å². The Labute approximate surface area is 130 Å². The summed E-state index contributed by atoms with van der Waals surface area (Å²) in [6.45, 7) is 18.4. The fourth-order valence-electron chi connectivity index (χ4n) is 2.00. The van der Waals surface area contributed by atoms with E-state index in [4.69, 9.17) is 4.98 Å². The number of nitrogens with one attached hydrogen (secondary N) is 1. The number of nitrogens with zero attached hydrogens (tertiary/aromatic N) is 3. The fourth-order valence-corrected chi connectivity index (χ4v) is 2.00. The van der Waals surface area contributed by atoms with Gasteiger partial charge in [-0.25, -0.2) is 9.97 Å². The molecule has 1 aromatic rings. The Balaban J connectivity index is 3.25. The van der Waals surface area contributed by atoms with Crippen LogP contribution in [0.3, 0.4) is 0 Å². The van der Waals surface area contributed by atoms with Crippen molar-refractivity contribution in [2.75, 3.05) is 23.8 Å². The number of rotatable bonds is 4. The third-order valence-corrected chi connectivity index (χ3v) is 3.94. The average Bonchev–Trinajstić information content (AvgIpc) is 2.35. The van der Waals surface area contributed by atoms with Crippen LogP contribution in [0.25, 0.3) is 0 Å². The van der Waals surface area contributed by atoms with Gasteiger partial charge >= 0.3 is 0 Å². The molecule has 0 aromatic carbocycles. The maximum absolute atomic E-state index is 4.80. The number of anilines is 2. The lowest BCUT2D eigenvalue weighted by atomic mass is 9.87. The van der Waals surface area contributed by atoms with Crippen LogP contribution in [-0.2, 0) is 5.41 Å². The summed E-state index contributed by atoms with van der Waals surface area (Å²) in [6.07, 6.45) is 0. The van der Waals surface area contributed by atoms with Gasteiger partial charge in [-0.2, -0.15) is 0 Å². The van der Waals surface area contributed by atoms with Crippen LogP contribution in [0, 0.1) is 5.41 Å². The van der Waals surface area contributed by atoms with Crippen LogP contribution in [0.4, 0.5) is 11.6 Å². The lowest BCUT2D eigenvalue weighted by Crippen LogP contribution is -2.40. The molecule has 0 spiro atoms. The van der Waals surface area contributed by atoms with Crippen molar-refractivity contribution in [2.24, 2.45) is 5.41 Å². The van der Waals surface area contributed by atoms with E-state index < -0.39 is 0 Å². The van der Waals surface area contributed by atoms with Crippen molar-refractivity contribution in [3.05, 3.63) is 11.9 Å². The second-order valence-corrected chi connectivity index (χ2v) is 7.87. The lowest BCUT2D eigenvalue weighted by molar-refractivity contribution is 0.328. The summed E-state index contributed by atoms with van der Waals surface area (Å²) in [5, 5.41) is 3.32. The zero-order valence-corrected chi connectivity index (χ0v) is 15.2. The minimum Gasteiger partial charge on any atom is -0.370 e. The maximum Gasteiger partial charge on any atom is 0.138 e. The van der Waals surface area contributed by atoms with Crippen LogP contribution in [0.1, 0.15) is 61.2 Å². The normalized spacial score (nSPS) is 14.0. The lowest BCUT2D eigenvalue weighted by Gasteiger charge is -2.36. The van der Waals surface area contributed by atoms with Gasteiger partial charge in [0.15, 0.2) is 0 Å². The van der Waals surface area contributed by atoms with E-state index in [9.17, 15) is 0 Å². The van der Waals surface area contributed by atoms with Crippen molar-refractivity contribution >= 4 is 11.6 Å². The van der Waals surface area contributed by atoms with Crippen LogP contribution in [0.15, 0.2) is 6.07 Å². The number of hydrogen-bond acceptors (Lipinski definition) is 4. The molecule has 0 aliphatic heterocycles. The third kappa shape index (κ3) is 4.58. The molecule has 0 radical (unpaired) electrons. The molecule has 1 aromatic heterocycles. The molecule has 1 unspecified atom stereocenters. The monoisotopic (exact) mass is 292 g/mol. The Morgan fingerprint density at radius 2 is 1.71 bits per heavy atom. The van der Waals surface area contributed by atoms with Gasteiger partial charge in [0.2, 0.25) is 0 Å². The van der Waals surface area contributed by atoms with Crippen molar-refractivity contribution in [3.8, 4) is 0 Å². The molecule has 0 saturated heterocycles. The summed E-state index contributed by atoms with van der Waals surface area (Å²) >= 11 is 0. The Kier molecular flexibility index (Phi) is 5.24. The molecular formula is C17H32N4. The van der Waals surface area contributed by atoms with E-state index in [0.29, 0.717) is 6.04 Å². The van der Waals surface area contributed by atoms with Gasteiger partial charge in [-0.15, -0.1) is 0 Å². The van der Waals surface area contributed by atoms with Crippen molar-refractivity contribution in [2.45, 2.75) is 66.8 Å². The third-order valence-electron chi connectivity index (χ3n) is 3.94. The SMILES string of the molecule is CCNc1cc(N(C)C(C)C(C)(C)C)nc(C(C)(C)C)n1. The Bertz CT molecular complexity index is 469. The highest BCUT2D eigenvalue weighted by Gasteiger charge is 2.26. The first-order valence-corrected chi connectivity index (χ1v) is 7.83. The first kappa shape index (κ1) is 17.7. The molecule has 0 saturated carbocycles. The Hall–Kier alpha value is -1.32. The molecule has 1 rings (SSSR count). The molecule has 4 nitrogen and oxygen atoms in total. The molecule has 1 atom stereocenters. The molecule has 0 fully saturated rings. The van der Waals surface area contributed by atoms with Crippen molar-refractivity contribution in [1.82, 2.24) is 9.97 Å². The van der Waals surface area contributed by atoms with E-state index in [1.807, 2.05) is 6.07 Å². The predicted molar refractivity (Wildman–Crippen MR) is 92.2 cm³/mol. The molecule has 1 N–H and O–H groups in total. The van der Waals surface area contributed by atoms with Gasteiger partial charge in [0, 0.05) is 31.1 Å². The Morgan fingerprint density at radius 3 is 2.14 bits per heavy atom. The zero-order valence-electron chi connectivity index (χ0n) is 15.2. The quantitative estimate of drug-likeness (QED) is 0.908. The van der Waals surface area contributed by atoms with Gasteiger partial charge in [-0.3, -0.25) is 0 Å². The van der Waals surface area contributed by atoms with Gasteiger partial charge in [-0.05, 0) is 19.3 Å². The van der Waals surface area contributed by atoms with Gasteiger partial charge in [0.1, 0.15) is 17.5 Å². The smallest absolute Gasteiger partial charge is 0.138 e. The van der Waals surface area contributed by atoms with E-state index in [0.717, 1.165) is 24.0 Å². The van der Waals surface area contributed by atoms with Crippen molar-refractivity contribution < 1.29 is 0 Å². The van der Waals surface area contributed by atoms with Crippen molar-refractivity contribution in [1.29, 1.82) is 0 Å². The summed E-state index contributed by atoms with van der Waals surface area (Å²) in [5.74, 6) is 2.76. The maximum atomic E-state index is 4.80. The molecule has 0 aliphatic rings. The number of hydrogen-bond donors (Lipinski definition) is 1. The first-order valence-electron chi connectivity index (χ1n) is 7.83. The van der Waals surface area contributed by atoms with E-state index in [2.05, 4.69) is 77.6 Å². The van der Waals surface area contributed by atoms with E-state index in [1.165, 1.54) is 0 Å². The van der Waals surface area contributed by atoms with Crippen LogP contribution >= 0.6 is 0 Å². The molecule has 0 aliphatic carbocycles. The van der Waals surface area contributed by atoms with Gasteiger partial charge < -0.3 is 10.2 Å². The summed E-state index contributed by atoms with van der Waals surface area (Å²) < 4.78 is 0. The van der Waals surface area contributed by atoms with E-state index >= 15 is 0 Å². The predicted octanol–water partition coefficient (Wildman–Crippen LogP) is 4.08. The highest BCUT2D eigenvalue weighted by molar-refractivity contribution is 5.50. The molecule has 1 heterocycles. The highest BCUT2D eigenvalue weighted by atomic mass is 15.2. The van der Waals surface area contributed by atoms with Crippen LogP contribution in [0.5, 0.6) is 0 Å². The standard InChI is InChI=1S/C17H32N4/c1-10-18-13-11-14(20-15(19-13)17(6,7)8)21(9)12(2)16(3,4)5/h11-12H,10H2,1-9H3,(H,18,19,20). The van der Waals surface area contributed by atoms with Gasteiger partial charge in [0.25, 0.3) is 0 Å². The van der Waals surface area contributed by atoms with Crippen LogP contribution < -0.4 is 10.2 Å². The van der Waals surface area contributed by atoms with E-state index in [-0.39, 0.29) is 10.8 Å². The molecule has 4 heteroatoms. The molecule has 0 bridgehead atoms. The summed E-state index contributed by atoms with van der Waals surface area (Å²) in [4.78, 5) is 11.7. The summed E-state index contributed by atoms with van der Waals surface area (Å²) in [5.41, 5.74) is 0.131. The van der Waals surface area contributed by atoms with E-state index in [1.54, 1.807) is 0 Å². The topological polar surface area (TPSA) is 41.0 Å². The first-order chi connectivity index (χ1) is 9.46. The minimum absolute atomic E-state index is 0.0635. The van der Waals surface area contributed by atoms with Crippen LogP contribution in [-0.4, -0.2) is 29.6 Å². The summed E-state index contributed by atoms with van der Waals surface area (Å²) in [7, 11) is 2.11. The van der Waals surface area contributed by atoms with Crippen molar-refractivity contribution in [3.63, 3.8) is 0 Å². The fraction of sp³-hybridized carbons (Fsp3) is 0.765. The second kappa shape index (κ2) is 6.20. The molecule has 21 heavy (non-hydrogen) atoms. The second-order valence-electron chi connectivity index (χ2n) is 7.87. The Morgan fingerprint density at radius 1 is 1.14 bits per heavy atom. The largest absolute Gasteiger partial charge is 0.370 e. The van der Waals surface area contributed by atoms with Gasteiger partial charge in [-0.1, -0.05) is 41.5 Å². The minimum atomic E-state index is -0.0635. The van der Waals surface area contributed by atoms with Crippen LogP contribution in [0.2, 0.25) is 0 Å². The average molecular weight is 292 g/mol. The summed E-state index contributed by atoms with van der Waals surface area (Å²) in [6, 6.07) is 2.43. The molecule has 0 amide bonds. The number of aromatic nitrogens is 2. The molecule has 120 valence electrons. The molecular weight excluding hydrogens is 260 g/mol. The highest BCUT2D eigenvalue weighted by Crippen LogP contribution is 2.29. The zero-order chi connectivity index (χ0) is 16.4.